The summed E-state index contributed by atoms with van der Waals surface area (Å²) in [6, 6.07) is 5.99. The molecule has 0 atom stereocenters. The van der Waals surface area contributed by atoms with Crippen molar-refractivity contribution in [3.63, 3.8) is 0 Å². The summed E-state index contributed by atoms with van der Waals surface area (Å²) < 4.78 is 2.42. The number of carbonyl (C=O) groups excluding carboxylic acids is 1. The van der Waals surface area contributed by atoms with Crippen molar-refractivity contribution in [1.29, 1.82) is 0 Å². The van der Waals surface area contributed by atoms with Gasteiger partial charge in [-0.3, -0.25) is 4.79 Å². The number of thiophene rings is 3. The van der Waals surface area contributed by atoms with Crippen LogP contribution in [-0.4, -0.2) is 5.78 Å². The molecule has 0 radical (unpaired) electrons. The van der Waals surface area contributed by atoms with E-state index >= 15 is 0 Å². The van der Waals surface area contributed by atoms with Crippen molar-refractivity contribution >= 4 is 49.2 Å². The van der Waals surface area contributed by atoms with E-state index < -0.39 is 0 Å². The molecule has 0 saturated heterocycles. The van der Waals surface area contributed by atoms with Gasteiger partial charge in [-0.05, 0) is 35.9 Å². The Morgan fingerprint density at radius 1 is 1.12 bits per heavy atom. The lowest BCUT2D eigenvalue weighted by atomic mass is 10.1. The first-order valence-corrected chi connectivity index (χ1v) is 7.39. The van der Waals surface area contributed by atoms with E-state index in [1.165, 1.54) is 9.40 Å². The van der Waals surface area contributed by atoms with Crippen molar-refractivity contribution in [2.45, 2.75) is 6.92 Å². The van der Waals surface area contributed by atoms with Crippen LogP contribution in [0.4, 0.5) is 0 Å². The normalized spacial score (nSPS) is 11.1. The number of ketones is 1. The second kappa shape index (κ2) is 3.80. The lowest BCUT2D eigenvalue weighted by molar-refractivity contribution is 0.104. The molecule has 0 unspecified atom stereocenters. The van der Waals surface area contributed by atoms with Gasteiger partial charge in [0.1, 0.15) is 0 Å². The Labute approximate surface area is 105 Å². The molecular weight excluding hydrogens is 256 g/mol. The Kier molecular flexibility index (Phi) is 2.42. The molecule has 0 N–H and O–H groups in total. The number of rotatable bonds is 2. The fourth-order valence-corrected chi connectivity index (χ4v) is 4.39. The SMILES string of the molecule is Cc1sccc1C(=O)c1cc2sccc2s1. The lowest BCUT2D eigenvalue weighted by Crippen LogP contribution is -1.97. The van der Waals surface area contributed by atoms with Crippen LogP contribution in [0.3, 0.4) is 0 Å². The van der Waals surface area contributed by atoms with Gasteiger partial charge in [0.15, 0.2) is 0 Å². The van der Waals surface area contributed by atoms with Crippen LogP contribution in [0.25, 0.3) is 9.40 Å². The highest BCUT2D eigenvalue weighted by atomic mass is 32.1. The van der Waals surface area contributed by atoms with Gasteiger partial charge in [-0.25, -0.2) is 0 Å². The molecule has 3 rings (SSSR count). The molecule has 0 spiro atoms. The van der Waals surface area contributed by atoms with Gasteiger partial charge in [-0.15, -0.1) is 34.0 Å². The van der Waals surface area contributed by atoms with Gasteiger partial charge in [0, 0.05) is 19.8 Å². The van der Waals surface area contributed by atoms with E-state index in [-0.39, 0.29) is 5.78 Å². The van der Waals surface area contributed by atoms with Gasteiger partial charge in [0.2, 0.25) is 5.78 Å². The minimum Gasteiger partial charge on any atom is -0.288 e. The summed E-state index contributed by atoms with van der Waals surface area (Å²) in [4.78, 5) is 14.2. The van der Waals surface area contributed by atoms with Crippen molar-refractivity contribution in [3.8, 4) is 0 Å². The first-order valence-electron chi connectivity index (χ1n) is 4.81. The Morgan fingerprint density at radius 2 is 1.94 bits per heavy atom. The molecule has 3 heterocycles. The van der Waals surface area contributed by atoms with Gasteiger partial charge in [0.05, 0.1) is 4.88 Å². The fourth-order valence-electron chi connectivity index (χ4n) is 1.63. The van der Waals surface area contributed by atoms with Crippen molar-refractivity contribution in [1.82, 2.24) is 0 Å². The van der Waals surface area contributed by atoms with Crippen molar-refractivity contribution in [2.75, 3.05) is 0 Å². The first kappa shape index (κ1) is 10.2. The predicted octanol–water partition coefficient (Wildman–Crippen LogP) is 4.56. The number of aryl methyl sites for hydroxylation is 1. The van der Waals surface area contributed by atoms with E-state index in [0.29, 0.717) is 0 Å². The maximum absolute atomic E-state index is 12.2. The molecule has 0 amide bonds. The minimum absolute atomic E-state index is 0.159. The summed E-state index contributed by atoms with van der Waals surface area (Å²) in [6.07, 6.45) is 0. The zero-order valence-corrected chi connectivity index (χ0v) is 11.0. The van der Waals surface area contributed by atoms with Gasteiger partial charge < -0.3 is 0 Å². The van der Waals surface area contributed by atoms with Crippen LogP contribution in [-0.2, 0) is 0 Å². The molecule has 80 valence electrons. The summed E-state index contributed by atoms with van der Waals surface area (Å²) in [5, 5.41) is 4.03. The van der Waals surface area contributed by atoms with E-state index in [4.69, 9.17) is 0 Å². The van der Waals surface area contributed by atoms with Crippen LogP contribution in [0.1, 0.15) is 20.1 Å². The highest BCUT2D eigenvalue weighted by Gasteiger charge is 2.15. The second-order valence-electron chi connectivity index (χ2n) is 3.48. The standard InChI is InChI=1S/C12H8OS3/c1-7-8(2-4-14-7)12(13)11-6-10-9(16-11)3-5-15-10/h2-6H,1H3. The minimum atomic E-state index is 0.159. The van der Waals surface area contributed by atoms with Crippen molar-refractivity contribution in [2.24, 2.45) is 0 Å². The monoisotopic (exact) mass is 264 g/mol. The zero-order chi connectivity index (χ0) is 11.1. The number of fused-ring (bicyclic) bond motifs is 1. The van der Waals surface area contributed by atoms with E-state index in [9.17, 15) is 4.79 Å². The van der Waals surface area contributed by atoms with E-state index in [1.807, 2.05) is 24.4 Å². The average Bonchev–Trinajstić information content (AvgIpc) is 2.89. The van der Waals surface area contributed by atoms with Gasteiger partial charge in [-0.1, -0.05) is 0 Å². The third-order valence-corrected chi connectivity index (χ3v) is 5.40. The van der Waals surface area contributed by atoms with E-state index in [0.717, 1.165) is 15.3 Å². The van der Waals surface area contributed by atoms with Gasteiger partial charge >= 0.3 is 0 Å². The Bertz CT molecular complexity index is 628. The lowest BCUT2D eigenvalue weighted by Gasteiger charge is -1.94. The maximum Gasteiger partial charge on any atom is 0.204 e. The van der Waals surface area contributed by atoms with Crippen LogP contribution in [0.15, 0.2) is 29.0 Å². The number of hydrogen-bond donors (Lipinski definition) is 0. The molecule has 0 saturated carbocycles. The molecule has 0 bridgehead atoms. The Balaban J connectivity index is 2.08. The molecule has 4 heteroatoms. The van der Waals surface area contributed by atoms with Crippen LogP contribution in [0, 0.1) is 6.92 Å². The van der Waals surface area contributed by atoms with Crippen LogP contribution >= 0.6 is 34.0 Å². The molecule has 3 aromatic heterocycles. The maximum atomic E-state index is 12.2. The molecule has 0 fully saturated rings. The van der Waals surface area contributed by atoms with Crippen LogP contribution < -0.4 is 0 Å². The fraction of sp³-hybridized carbons (Fsp3) is 0.0833. The van der Waals surface area contributed by atoms with E-state index in [1.54, 1.807) is 34.0 Å². The Hall–Kier alpha value is -0.970. The molecule has 1 nitrogen and oxygen atoms in total. The molecule has 0 aromatic carbocycles. The van der Waals surface area contributed by atoms with Crippen molar-refractivity contribution < 1.29 is 4.79 Å². The summed E-state index contributed by atoms with van der Waals surface area (Å²) in [5.41, 5.74) is 0.846. The molecular formula is C12H8OS3. The number of carbonyl (C=O) groups is 1. The smallest absolute Gasteiger partial charge is 0.204 e. The van der Waals surface area contributed by atoms with Crippen LogP contribution in [0.2, 0.25) is 0 Å². The van der Waals surface area contributed by atoms with Crippen LogP contribution in [0.5, 0.6) is 0 Å². The van der Waals surface area contributed by atoms with Gasteiger partial charge in [-0.2, -0.15) is 0 Å². The summed E-state index contributed by atoms with van der Waals surface area (Å²) in [7, 11) is 0. The highest BCUT2D eigenvalue weighted by Crippen LogP contribution is 2.32. The predicted molar refractivity (Wildman–Crippen MR) is 72.2 cm³/mol. The number of hydrogen-bond acceptors (Lipinski definition) is 4. The topological polar surface area (TPSA) is 17.1 Å². The third kappa shape index (κ3) is 1.54. The molecule has 0 aliphatic rings. The zero-order valence-electron chi connectivity index (χ0n) is 8.52. The summed E-state index contributed by atoms with van der Waals surface area (Å²) >= 11 is 4.90. The molecule has 0 aliphatic carbocycles. The molecule has 16 heavy (non-hydrogen) atoms. The summed E-state index contributed by atoms with van der Waals surface area (Å²) in [5.74, 6) is 0.159. The van der Waals surface area contributed by atoms with Crippen molar-refractivity contribution in [3.05, 3.63) is 44.3 Å². The highest BCUT2D eigenvalue weighted by molar-refractivity contribution is 7.28. The quantitative estimate of drug-likeness (QED) is 0.620. The molecule has 0 aliphatic heterocycles. The Morgan fingerprint density at radius 3 is 2.62 bits per heavy atom. The van der Waals surface area contributed by atoms with E-state index in [2.05, 4.69) is 11.4 Å². The second-order valence-corrected chi connectivity index (χ2v) is 6.63. The first-order chi connectivity index (χ1) is 7.75. The molecule has 3 aromatic rings. The third-order valence-electron chi connectivity index (χ3n) is 2.47. The average molecular weight is 264 g/mol. The summed E-state index contributed by atoms with van der Waals surface area (Å²) in [6.45, 7) is 1.99. The van der Waals surface area contributed by atoms with Gasteiger partial charge in [0.25, 0.3) is 0 Å². The largest absolute Gasteiger partial charge is 0.288 e.